The largest absolute Gasteiger partial charge is 0.493 e. The second-order valence-electron chi connectivity index (χ2n) is 5.67. The fourth-order valence-corrected chi connectivity index (χ4v) is 3.21. The molecule has 0 unspecified atom stereocenters. The van der Waals surface area contributed by atoms with Crippen LogP contribution in [-0.4, -0.2) is 20.5 Å². The predicted octanol–water partition coefficient (Wildman–Crippen LogP) is 4.09. The Morgan fingerprint density at radius 2 is 1.81 bits per heavy atom. The standard InChI is InChI=1S/C13H26O2Si/c1-11(12(2)15-16(3,4)5)14-13-9-7-6-8-10-13/h9,11-12H,6-8,10H2,1-5H3/t11-,12-/m1/s1. The molecule has 1 aliphatic rings. The number of allylic oxidation sites excluding steroid dienone is 2. The molecule has 0 fully saturated rings. The smallest absolute Gasteiger partial charge is 0.184 e. The van der Waals surface area contributed by atoms with Crippen molar-refractivity contribution < 1.29 is 9.16 Å². The molecule has 0 saturated carbocycles. The van der Waals surface area contributed by atoms with Gasteiger partial charge in [0.05, 0.1) is 11.9 Å². The molecule has 0 spiro atoms. The van der Waals surface area contributed by atoms with Crippen molar-refractivity contribution in [3.8, 4) is 0 Å². The number of ether oxygens (including phenoxy) is 1. The molecule has 0 amide bonds. The molecule has 1 rings (SSSR count). The van der Waals surface area contributed by atoms with Gasteiger partial charge in [-0.3, -0.25) is 0 Å². The first-order chi connectivity index (χ1) is 7.38. The molecule has 0 heterocycles. The van der Waals surface area contributed by atoms with Gasteiger partial charge in [-0.2, -0.15) is 0 Å². The monoisotopic (exact) mass is 242 g/mol. The number of hydrogen-bond acceptors (Lipinski definition) is 2. The van der Waals surface area contributed by atoms with Gasteiger partial charge in [-0.15, -0.1) is 0 Å². The molecular formula is C13H26O2Si. The zero-order chi connectivity index (χ0) is 12.2. The quantitative estimate of drug-likeness (QED) is 0.676. The van der Waals surface area contributed by atoms with Crippen molar-refractivity contribution in [3.05, 3.63) is 11.8 Å². The van der Waals surface area contributed by atoms with Crippen molar-refractivity contribution in [1.29, 1.82) is 0 Å². The van der Waals surface area contributed by atoms with Crippen molar-refractivity contribution in [2.24, 2.45) is 0 Å². The van der Waals surface area contributed by atoms with E-state index in [4.69, 9.17) is 9.16 Å². The van der Waals surface area contributed by atoms with Crippen LogP contribution in [0.1, 0.15) is 39.5 Å². The summed E-state index contributed by atoms with van der Waals surface area (Å²) in [7, 11) is -1.45. The van der Waals surface area contributed by atoms with E-state index in [9.17, 15) is 0 Å². The van der Waals surface area contributed by atoms with Crippen LogP contribution in [0.2, 0.25) is 19.6 Å². The summed E-state index contributed by atoms with van der Waals surface area (Å²) in [6.45, 7) is 10.9. The molecule has 0 aromatic rings. The lowest BCUT2D eigenvalue weighted by Crippen LogP contribution is -2.37. The third-order valence-corrected chi connectivity index (χ3v) is 3.87. The summed E-state index contributed by atoms with van der Waals surface area (Å²) >= 11 is 0. The van der Waals surface area contributed by atoms with Crippen LogP contribution in [0, 0.1) is 0 Å². The fourth-order valence-electron chi connectivity index (χ4n) is 1.90. The number of rotatable bonds is 5. The highest BCUT2D eigenvalue weighted by atomic mass is 28.4. The maximum Gasteiger partial charge on any atom is 0.184 e. The normalized spacial score (nSPS) is 21.2. The Labute approximate surface area is 101 Å². The van der Waals surface area contributed by atoms with Crippen molar-refractivity contribution in [3.63, 3.8) is 0 Å². The Kier molecular flexibility index (Phi) is 5.06. The van der Waals surface area contributed by atoms with Crippen LogP contribution in [0.5, 0.6) is 0 Å². The van der Waals surface area contributed by atoms with E-state index in [0.717, 1.165) is 6.42 Å². The highest BCUT2D eigenvalue weighted by Gasteiger charge is 2.23. The van der Waals surface area contributed by atoms with E-state index >= 15 is 0 Å². The zero-order valence-corrected chi connectivity index (χ0v) is 12.4. The van der Waals surface area contributed by atoms with Crippen LogP contribution in [0.4, 0.5) is 0 Å². The molecule has 2 nitrogen and oxygen atoms in total. The minimum atomic E-state index is -1.45. The van der Waals surface area contributed by atoms with Crippen molar-refractivity contribution in [2.75, 3.05) is 0 Å². The Hall–Kier alpha value is -0.283. The first kappa shape index (κ1) is 13.8. The van der Waals surface area contributed by atoms with E-state index in [-0.39, 0.29) is 12.2 Å². The van der Waals surface area contributed by atoms with E-state index in [0.29, 0.717) is 0 Å². The van der Waals surface area contributed by atoms with Crippen molar-refractivity contribution in [1.82, 2.24) is 0 Å². The van der Waals surface area contributed by atoms with Crippen LogP contribution >= 0.6 is 0 Å². The third kappa shape index (κ3) is 5.17. The zero-order valence-electron chi connectivity index (χ0n) is 11.4. The summed E-state index contributed by atoms with van der Waals surface area (Å²) in [6, 6.07) is 0. The molecule has 0 aliphatic heterocycles. The molecule has 16 heavy (non-hydrogen) atoms. The van der Waals surface area contributed by atoms with Crippen LogP contribution < -0.4 is 0 Å². The molecule has 0 aromatic heterocycles. The van der Waals surface area contributed by atoms with Gasteiger partial charge in [0.25, 0.3) is 0 Å². The van der Waals surface area contributed by atoms with Gasteiger partial charge in [0.15, 0.2) is 8.32 Å². The average molecular weight is 242 g/mol. The van der Waals surface area contributed by atoms with Gasteiger partial charge in [-0.05, 0) is 58.8 Å². The lowest BCUT2D eigenvalue weighted by molar-refractivity contribution is 0.0225. The maximum absolute atomic E-state index is 6.03. The third-order valence-electron chi connectivity index (χ3n) is 2.79. The lowest BCUT2D eigenvalue weighted by Gasteiger charge is -2.29. The topological polar surface area (TPSA) is 18.5 Å². The second kappa shape index (κ2) is 5.87. The fraction of sp³-hybridized carbons (Fsp3) is 0.846. The van der Waals surface area contributed by atoms with Crippen LogP contribution in [-0.2, 0) is 9.16 Å². The Bertz CT molecular complexity index is 243. The number of hydrogen-bond donors (Lipinski definition) is 0. The molecule has 0 bridgehead atoms. The summed E-state index contributed by atoms with van der Waals surface area (Å²) in [5.74, 6) is 1.17. The summed E-state index contributed by atoms with van der Waals surface area (Å²) in [4.78, 5) is 0. The van der Waals surface area contributed by atoms with Gasteiger partial charge in [0.2, 0.25) is 0 Å². The van der Waals surface area contributed by atoms with E-state index in [1.165, 1.54) is 25.0 Å². The van der Waals surface area contributed by atoms with Crippen LogP contribution in [0.25, 0.3) is 0 Å². The Balaban J connectivity index is 2.38. The Morgan fingerprint density at radius 3 is 2.31 bits per heavy atom. The molecule has 0 saturated heterocycles. The molecule has 0 aromatic carbocycles. The van der Waals surface area contributed by atoms with Gasteiger partial charge in [0.1, 0.15) is 6.10 Å². The predicted molar refractivity (Wildman–Crippen MR) is 71.0 cm³/mol. The second-order valence-corrected chi connectivity index (χ2v) is 10.1. The minimum absolute atomic E-state index is 0.163. The highest BCUT2D eigenvalue weighted by molar-refractivity contribution is 6.69. The summed E-state index contributed by atoms with van der Waals surface area (Å²) in [6.07, 6.45) is 7.44. The Morgan fingerprint density at radius 1 is 1.12 bits per heavy atom. The van der Waals surface area contributed by atoms with Gasteiger partial charge in [-0.1, -0.05) is 0 Å². The molecule has 3 heteroatoms. The first-order valence-corrected chi connectivity index (χ1v) is 9.83. The summed E-state index contributed by atoms with van der Waals surface area (Å²) < 4.78 is 12.0. The SMILES string of the molecule is C[C@@H](OC1=CCCCC1)[C@@H](C)O[Si](C)(C)C. The molecule has 2 atom stereocenters. The van der Waals surface area contributed by atoms with Crippen molar-refractivity contribution in [2.45, 2.75) is 71.4 Å². The van der Waals surface area contributed by atoms with E-state index in [1.807, 2.05) is 0 Å². The van der Waals surface area contributed by atoms with Gasteiger partial charge in [-0.25, -0.2) is 0 Å². The summed E-state index contributed by atoms with van der Waals surface area (Å²) in [5.41, 5.74) is 0. The molecule has 0 N–H and O–H groups in total. The molecule has 0 radical (unpaired) electrons. The van der Waals surface area contributed by atoms with Crippen molar-refractivity contribution >= 4 is 8.32 Å². The van der Waals surface area contributed by atoms with Crippen LogP contribution in [0.15, 0.2) is 11.8 Å². The van der Waals surface area contributed by atoms with E-state index < -0.39 is 8.32 Å². The lowest BCUT2D eigenvalue weighted by atomic mass is 10.1. The van der Waals surface area contributed by atoms with E-state index in [2.05, 4.69) is 39.6 Å². The molecule has 1 aliphatic carbocycles. The summed E-state index contributed by atoms with van der Waals surface area (Å²) in [5, 5.41) is 0. The van der Waals surface area contributed by atoms with Crippen LogP contribution in [0.3, 0.4) is 0 Å². The van der Waals surface area contributed by atoms with E-state index in [1.54, 1.807) is 0 Å². The minimum Gasteiger partial charge on any atom is -0.493 e. The maximum atomic E-state index is 6.03. The first-order valence-electron chi connectivity index (χ1n) is 6.42. The van der Waals surface area contributed by atoms with Gasteiger partial charge in [0, 0.05) is 6.42 Å². The van der Waals surface area contributed by atoms with Gasteiger partial charge < -0.3 is 9.16 Å². The van der Waals surface area contributed by atoms with Gasteiger partial charge >= 0.3 is 0 Å². The molecule has 94 valence electrons. The average Bonchev–Trinajstić information content (AvgIpc) is 2.16. The highest BCUT2D eigenvalue weighted by Crippen LogP contribution is 2.21. The molecular weight excluding hydrogens is 216 g/mol.